The van der Waals surface area contributed by atoms with Crippen molar-refractivity contribution in [2.75, 3.05) is 0 Å². The van der Waals surface area contributed by atoms with Crippen LogP contribution in [-0.4, -0.2) is 26.7 Å². The number of carbonyl (C=O) groups excluding carboxylic acids is 1. The number of para-hydroxylation sites is 2. The number of aliphatic imine (C=N–C) groups is 1. The second-order valence-corrected chi connectivity index (χ2v) is 7.05. The molecule has 7 heteroatoms. The summed E-state index contributed by atoms with van der Waals surface area (Å²) in [4.78, 5) is 28.5. The lowest BCUT2D eigenvalue weighted by Gasteiger charge is -2.00. The van der Waals surface area contributed by atoms with Gasteiger partial charge in [0.05, 0.1) is 16.2 Å². The Kier molecular flexibility index (Phi) is 4.29. The van der Waals surface area contributed by atoms with Crippen molar-refractivity contribution in [2.45, 2.75) is 0 Å². The van der Waals surface area contributed by atoms with E-state index in [4.69, 9.17) is 0 Å². The third-order valence-electron chi connectivity index (χ3n) is 4.22. The predicted molar refractivity (Wildman–Crippen MR) is 107 cm³/mol. The summed E-state index contributed by atoms with van der Waals surface area (Å²) in [7, 11) is 1.96. The summed E-state index contributed by atoms with van der Waals surface area (Å²) in [5.41, 5.74) is 2.42. The second kappa shape index (κ2) is 6.77. The van der Waals surface area contributed by atoms with Crippen molar-refractivity contribution in [1.29, 1.82) is 0 Å². The number of aryl methyl sites for hydroxylation is 1. The van der Waals surface area contributed by atoms with Crippen LogP contribution in [0.1, 0.15) is 15.9 Å². The molecule has 1 aromatic heterocycles. The summed E-state index contributed by atoms with van der Waals surface area (Å²) in [5.74, 6) is -1.31. The largest absolute Gasteiger partial charge is 0.478 e. The first-order chi connectivity index (χ1) is 13.0. The summed E-state index contributed by atoms with van der Waals surface area (Å²) in [6, 6.07) is 14.4. The predicted octanol–water partition coefficient (Wildman–Crippen LogP) is 3.77. The van der Waals surface area contributed by atoms with Gasteiger partial charge in [-0.3, -0.25) is 4.79 Å². The molecule has 1 aliphatic rings. The molecule has 1 amide bonds. The van der Waals surface area contributed by atoms with E-state index in [0.29, 0.717) is 15.8 Å². The number of nitrogens with one attached hydrogen (secondary N) is 1. The van der Waals surface area contributed by atoms with Crippen LogP contribution < -0.4 is 5.32 Å². The minimum Gasteiger partial charge on any atom is -0.478 e. The molecule has 1 fully saturated rings. The average Bonchev–Trinajstić information content (AvgIpc) is 3.16. The summed E-state index contributed by atoms with van der Waals surface area (Å²) < 4.78 is 2.01. The highest BCUT2D eigenvalue weighted by Gasteiger charge is 2.25. The second-order valence-electron chi connectivity index (χ2n) is 6.02. The SMILES string of the molecule is Cn1cc(/C=C2/SC(=Nc3ccccc3C(=O)O)NC2=O)c2ccccc21. The third kappa shape index (κ3) is 3.24. The van der Waals surface area contributed by atoms with Gasteiger partial charge in [-0.2, -0.15) is 0 Å². The van der Waals surface area contributed by atoms with Crippen molar-refractivity contribution < 1.29 is 14.7 Å². The Labute approximate surface area is 159 Å². The zero-order valence-electron chi connectivity index (χ0n) is 14.3. The number of nitrogens with zero attached hydrogens (tertiary/aromatic N) is 2. The number of carbonyl (C=O) groups is 2. The Morgan fingerprint density at radius 1 is 1.19 bits per heavy atom. The molecule has 0 saturated carbocycles. The zero-order chi connectivity index (χ0) is 19.0. The molecule has 0 radical (unpaired) electrons. The van der Waals surface area contributed by atoms with Gasteiger partial charge in [0.1, 0.15) is 0 Å². The number of benzene rings is 2. The van der Waals surface area contributed by atoms with E-state index in [-0.39, 0.29) is 11.5 Å². The van der Waals surface area contributed by atoms with Gasteiger partial charge < -0.3 is 15.0 Å². The number of amidine groups is 1. The van der Waals surface area contributed by atoms with Crippen molar-refractivity contribution in [1.82, 2.24) is 9.88 Å². The number of aromatic nitrogens is 1. The van der Waals surface area contributed by atoms with Crippen molar-refractivity contribution in [3.05, 3.63) is 70.8 Å². The maximum Gasteiger partial charge on any atom is 0.337 e. The first-order valence-corrected chi connectivity index (χ1v) is 9.00. The van der Waals surface area contributed by atoms with Gasteiger partial charge in [-0.05, 0) is 36.0 Å². The van der Waals surface area contributed by atoms with E-state index in [9.17, 15) is 14.7 Å². The van der Waals surface area contributed by atoms with Crippen molar-refractivity contribution in [3.8, 4) is 0 Å². The molecule has 0 spiro atoms. The standard InChI is InChI=1S/C20H15N3O3S/c1-23-11-12(13-6-3-5-9-16(13)23)10-17-18(24)22-20(27-17)21-15-8-4-2-7-14(15)19(25)26/h2-11H,1H3,(H,25,26)(H,21,22,24)/b17-10+. The van der Waals surface area contributed by atoms with Crippen LogP contribution in [0, 0.1) is 0 Å². The van der Waals surface area contributed by atoms with Crippen LogP contribution in [0.3, 0.4) is 0 Å². The molecule has 1 aliphatic heterocycles. The number of hydrogen-bond acceptors (Lipinski definition) is 4. The quantitative estimate of drug-likeness (QED) is 0.681. The number of rotatable bonds is 3. The summed E-state index contributed by atoms with van der Waals surface area (Å²) in [5, 5.41) is 13.4. The molecule has 2 aromatic carbocycles. The van der Waals surface area contributed by atoms with Crippen molar-refractivity contribution >= 4 is 51.5 Å². The van der Waals surface area contributed by atoms with E-state index in [1.807, 2.05) is 48.2 Å². The summed E-state index contributed by atoms with van der Waals surface area (Å²) in [6.45, 7) is 0. The molecule has 0 aliphatic carbocycles. The van der Waals surface area contributed by atoms with Crippen LogP contribution in [0.25, 0.3) is 17.0 Å². The van der Waals surface area contributed by atoms with Gasteiger partial charge in [-0.1, -0.05) is 30.3 Å². The Morgan fingerprint density at radius 2 is 1.93 bits per heavy atom. The van der Waals surface area contributed by atoms with E-state index < -0.39 is 5.97 Å². The van der Waals surface area contributed by atoms with Crippen LogP contribution in [0.4, 0.5) is 5.69 Å². The highest BCUT2D eigenvalue weighted by molar-refractivity contribution is 8.18. The minimum absolute atomic E-state index is 0.0892. The molecule has 134 valence electrons. The number of thioether (sulfide) groups is 1. The minimum atomic E-state index is -1.06. The highest BCUT2D eigenvalue weighted by Crippen LogP contribution is 2.31. The molecule has 2 N–H and O–H groups in total. The molecule has 3 aromatic rings. The van der Waals surface area contributed by atoms with Gasteiger partial charge in [0.15, 0.2) is 5.17 Å². The van der Waals surface area contributed by atoms with Gasteiger partial charge in [0, 0.05) is 29.7 Å². The molecule has 0 atom stereocenters. The summed E-state index contributed by atoms with van der Waals surface area (Å²) in [6.07, 6.45) is 3.80. The van der Waals surface area contributed by atoms with Crippen LogP contribution in [0.2, 0.25) is 0 Å². The van der Waals surface area contributed by atoms with E-state index in [2.05, 4.69) is 10.3 Å². The van der Waals surface area contributed by atoms with E-state index >= 15 is 0 Å². The Balaban J connectivity index is 1.69. The zero-order valence-corrected chi connectivity index (χ0v) is 15.2. The van der Waals surface area contributed by atoms with E-state index in [1.165, 1.54) is 17.8 Å². The molecule has 2 heterocycles. The Bertz CT molecular complexity index is 1140. The number of fused-ring (bicyclic) bond motifs is 1. The molecular weight excluding hydrogens is 362 g/mol. The van der Waals surface area contributed by atoms with Gasteiger partial charge in [0.25, 0.3) is 5.91 Å². The monoisotopic (exact) mass is 377 g/mol. The molecular formula is C20H15N3O3S. The molecule has 6 nitrogen and oxygen atoms in total. The number of hydrogen-bond donors (Lipinski definition) is 2. The maximum absolute atomic E-state index is 12.3. The van der Waals surface area contributed by atoms with Crippen molar-refractivity contribution in [3.63, 3.8) is 0 Å². The highest BCUT2D eigenvalue weighted by atomic mass is 32.2. The first kappa shape index (κ1) is 17.1. The topological polar surface area (TPSA) is 83.7 Å². The number of carboxylic acids is 1. The van der Waals surface area contributed by atoms with Gasteiger partial charge >= 0.3 is 5.97 Å². The first-order valence-electron chi connectivity index (χ1n) is 8.19. The van der Waals surface area contributed by atoms with Crippen LogP contribution >= 0.6 is 11.8 Å². The third-order valence-corrected chi connectivity index (χ3v) is 5.13. The molecule has 1 saturated heterocycles. The Morgan fingerprint density at radius 3 is 2.74 bits per heavy atom. The lowest BCUT2D eigenvalue weighted by atomic mass is 10.1. The van der Waals surface area contributed by atoms with Gasteiger partial charge in [-0.15, -0.1) is 0 Å². The van der Waals surface area contributed by atoms with Crippen LogP contribution in [-0.2, 0) is 11.8 Å². The van der Waals surface area contributed by atoms with Crippen molar-refractivity contribution in [2.24, 2.45) is 12.0 Å². The lowest BCUT2D eigenvalue weighted by molar-refractivity contribution is -0.115. The summed E-state index contributed by atoms with van der Waals surface area (Å²) >= 11 is 1.19. The lowest BCUT2D eigenvalue weighted by Crippen LogP contribution is -2.19. The fourth-order valence-corrected chi connectivity index (χ4v) is 3.80. The molecule has 0 unspecified atom stereocenters. The van der Waals surface area contributed by atoms with E-state index in [0.717, 1.165) is 16.5 Å². The average molecular weight is 377 g/mol. The molecule has 0 bridgehead atoms. The Hall–Kier alpha value is -3.32. The fraction of sp³-hybridized carbons (Fsp3) is 0.0500. The normalized spacial score (nSPS) is 17.0. The number of amides is 1. The van der Waals surface area contributed by atoms with Crippen LogP contribution in [0.5, 0.6) is 0 Å². The number of carboxylic acid groups (broad SMARTS) is 1. The van der Waals surface area contributed by atoms with Crippen LogP contribution in [0.15, 0.2) is 64.6 Å². The number of aromatic carboxylic acids is 1. The van der Waals surface area contributed by atoms with Gasteiger partial charge in [0.2, 0.25) is 0 Å². The van der Waals surface area contributed by atoms with E-state index in [1.54, 1.807) is 18.2 Å². The molecule has 27 heavy (non-hydrogen) atoms. The maximum atomic E-state index is 12.3. The smallest absolute Gasteiger partial charge is 0.337 e. The fourth-order valence-electron chi connectivity index (χ4n) is 2.97. The molecule has 4 rings (SSSR count). The van der Waals surface area contributed by atoms with Gasteiger partial charge in [-0.25, -0.2) is 9.79 Å².